The summed E-state index contributed by atoms with van der Waals surface area (Å²) in [6.07, 6.45) is 40.1. The van der Waals surface area contributed by atoms with Gasteiger partial charge in [-0.2, -0.15) is 0 Å². The van der Waals surface area contributed by atoms with Crippen molar-refractivity contribution in [3.8, 4) is 0 Å². The first-order valence-electron chi connectivity index (χ1n) is 26.1. The van der Waals surface area contributed by atoms with Crippen LogP contribution in [0.15, 0.2) is 166 Å². The van der Waals surface area contributed by atoms with Crippen LogP contribution in [0.1, 0.15) is 208 Å². The Hall–Kier alpha value is -4.96. The van der Waals surface area contributed by atoms with Crippen LogP contribution in [0.3, 0.4) is 0 Å². The summed E-state index contributed by atoms with van der Waals surface area (Å²) in [5.41, 5.74) is 15.5. The Balaban J connectivity index is 1.54. The lowest BCUT2D eigenvalue weighted by atomic mass is 9.88. The second kappa shape index (κ2) is 37.0. The highest BCUT2D eigenvalue weighted by Crippen LogP contribution is 2.27. The topological polar surface area (TPSA) is 55.4 Å². The van der Waals surface area contributed by atoms with Gasteiger partial charge in [-0.15, -0.1) is 0 Å². The summed E-state index contributed by atoms with van der Waals surface area (Å²) in [5.74, 6) is -0.272. The van der Waals surface area contributed by atoms with Crippen LogP contribution in [0, 0.1) is 0 Å². The Kier molecular flexibility index (Phi) is 32.2. The van der Waals surface area contributed by atoms with Gasteiger partial charge in [0.25, 0.3) is 0 Å². The second-order valence-electron chi connectivity index (χ2n) is 19.7. The van der Waals surface area contributed by atoms with Crippen LogP contribution in [0.5, 0.6) is 0 Å². The standard InChI is InChI=1S/C64H93NO3/c1-51(2)25-17-26-52(3)27-18-28-53(4)29-19-30-54(5)31-20-32-55(6)33-21-34-56(7)35-22-36-57(8)37-23-38-58(9)39-24-40-59(10)48-50-68-64(67)46-45-63(66)65-49-47-62(60-41-13-11-14-42-60)61-43-15-12-16-44-61/h11-16,25,27,29,31,33,35,37,39,41-44,48,62H,17-24,26,28,30,32,34,36,38,40,45-47,49-50H2,1-10H3,(H,65,66)/b52-27+,53-29+,54-31+,55-33+,56-35+,57-37+,58-39+,59-48+. The van der Waals surface area contributed by atoms with Gasteiger partial charge in [-0.3, -0.25) is 9.59 Å². The summed E-state index contributed by atoms with van der Waals surface area (Å²) in [5, 5.41) is 3.00. The quantitative estimate of drug-likeness (QED) is 0.0562. The number of carbonyl (C=O) groups excluding carboxylic acids is 2. The summed E-state index contributed by atoms with van der Waals surface area (Å²) in [6, 6.07) is 20.7. The highest BCUT2D eigenvalue weighted by atomic mass is 16.5. The van der Waals surface area contributed by atoms with Gasteiger partial charge in [-0.05, 0) is 196 Å². The molecule has 2 aromatic carbocycles. The first-order valence-corrected chi connectivity index (χ1v) is 26.1. The predicted octanol–water partition coefficient (Wildman–Crippen LogP) is 18.4. The molecule has 4 nitrogen and oxygen atoms in total. The first kappa shape index (κ1) is 59.2. The maximum atomic E-state index is 12.5. The molecule has 0 aliphatic heterocycles. The molecule has 0 heterocycles. The van der Waals surface area contributed by atoms with E-state index in [4.69, 9.17) is 4.74 Å². The van der Waals surface area contributed by atoms with Gasteiger partial charge < -0.3 is 10.1 Å². The molecule has 0 fully saturated rings. The van der Waals surface area contributed by atoms with Crippen molar-refractivity contribution in [2.45, 2.75) is 197 Å². The van der Waals surface area contributed by atoms with E-state index in [9.17, 15) is 9.59 Å². The van der Waals surface area contributed by atoms with E-state index in [1.807, 2.05) is 42.5 Å². The van der Waals surface area contributed by atoms with Gasteiger partial charge in [-0.1, -0.05) is 159 Å². The van der Waals surface area contributed by atoms with Crippen LogP contribution in [-0.4, -0.2) is 25.0 Å². The molecule has 0 unspecified atom stereocenters. The van der Waals surface area contributed by atoms with E-state index in [0.29, 0.717) is 6.54 Å². The number of hydrogen-bond donors (Lipinski definition) is 1. The first-order chi connectivity index (χ1) is 32.7. The Morgan fingerprint density at radius 1 is 0.412 bits per heavy atom. The number of ether oxygens (including phenoxy) is 1. The zero-order valence-electron chi connectivity index (χ0n) is 44.6. The van der Waals surface area contributed by atoms with Crippen LogP contribution in [0.25, 0.3) is 0 Å². The Bertz CT molecular complexity index is 1990. The van der Waals surface area contributed by atoms with Gasteiger partial charge in [-0.25, -0.2) is 0 Å². The number of hydrogen-bond acceptors (Lipinski definition) is 3. The molecule has 0 spiro atoms. The fraction of sp³-hybridized carbons (Fsp3) is 0.500. The molecule has 0 bridgehead atoms. The number of esters is 1. The van der Waals surface area contributed by atoms with Crippen LogP contribution in [-0.2, 0) is 14.3 Å². The van der Waals surface area contributed by atoms with Gasteiger partial charge in [0.2, 0.25) is 5.91 Å². The maximum absolute atomic E-state index is 12.5. The van der Waals surface area contributed by atoms with E-state index in [-0.39, 0.29) is 37.2 Å². The smallest absolute Gasteiger partial charge is 0.306 e. The molecule has 0 radical (unpaired) electrons. The molecule has 0 aliphatic carbocycles. The molecule has 68 heavy (non-hydrogen) atoms. The van der Waals surface area contributed by atoms with Crippen molar-refractivity contribution in [3.05, 3.63) is 177 Å². The van der Waals surface area contributed by atoms with E-state index >= 15 is 0 Å². The lowest BCUT2D eigenvalue weighted by molar-refractivity contribution is -0.143. The van der Waals surface area contributed by atoms with Gasteiger partial charge in [0.05, 0.1) is 6.42 Å². The highest BCUT2D eigenvalue weighted by molar-refractivity contribution is 5.81. The molecule has 0 atom stereocenters. The van der Waals surface area contributed by atoms with Crippen molar-refractivity contribution in [3.63, 3.8) is 0 Å². The van der Waals surface area contributed by atoms with E-state index < -0.39 is 0 Å². The van der Waals surface area contributed by atoms with E-state index in [1.54, 1.807) is 0 Å². The van der Waals surface area contributed by atoms with E-state index in [1.165, 1.54) is 74.1 Å². The van der Waals surface area contributed by atoms with E-state index in [2.05, 4.69) is 147 Å². The predicted molar refractivity (Wildman–Crippen MR) is 296 cm³/mol. The number of allylic oxidation sites excluding steroid dienone is 17. The zero-order valence-corrected chi connectivity index (χ0v) is 44.6. The second-order valence-corrected chi connectivity index (χ2v) is 19.7. The summed E-state index contributed by atoms with van der Waals surface area (Å²) in [6.45, 7) is 23.1. The van der Waals surface area contributed by atoms with Crippen LogP contribution < -0.4 is 5.32 Å². The molecular formula is C64H93NO3. The highest BCUT2D eigenvalue weighted by Gasteiger charge is 2.15. The Morgan fingerprint density at radius 3 is 1.04 bits per heavy atom. The average Bonchev–Trinajstić information content (AvgIpc) is 3.30. The van der Waals surface area contributed by atoms with Crippen molar-refractivity contribution in [2.75, 3.05) is 13.2 Å². The van der Waals surface area contributed by atoms with Crippen molar-refractivity contribution in [2.24, 2.45) is 0 Å². The number of amides is 1. The minimum atomic E-state index is -0.343. The number of benzene rings is 2. The van der Waals surface area contributed by atoms with Crippen molar-refractivity contribution in [1.29, 1.82) is 0 Å². The van der Waals surface area contributed by atoms with Gasteiger partial charge in [0.1, 0.15) is 6.61 Å². The molecule has 1 N–H and O–H groups in total. The van der Waals surface area contributed by atoms with Gasteiger partial charge in [0.15, 0.2) is 0 Å². The number of rotatable bonds is 34. The minimum absolute atomic E-state index is 0.0814. The summed E-state index contributed by atoms with van der Waals surface area (Å²) in [4.78, 5) is 24.9. The normalized spacial score (nSPS) is 13.6. The third-order valence-electron chi connectivity index (χ3n) is 12.7. The lowest BCUT2D eigenvalue weighted by Gasteiger charge is -2.18. The van der Waals surface area contributed by atoms with E-state index in [0.717, 1.165) is 96.3 Å². The molecule has 1 amide bonds. The van der Waals surface area contributed by atoms with Crippen LogP contribution >= 0.6 is 0 Å². The Labute approximate surface area is 416 Å². The molecule has 0 aliphatic rings. The fourth-order valence-electron chi connectivity index (χ4n) is 8.13. The maximum Gasteiger partial charge on any atom is 0.306 e. The third-order valence-corrected chi connectivity index (χ3v) is 12.7. The molecule has 0 aromatic heterocycles. The molecule has 372 valence electrons. The Morgan fingerprint density at radius 2 is 0.721 bits per heavy atom. The van der Waals surface area contributed by atoms with Crippen LogP contribution in [0.4, 0.5) is 0 Å². The molecular weight excluding hydrogens is 831 g/mol. The lowest BCUT2D eigenvalue weighted by Crippen LogP contribution is -2.26. The summed E-state index contributed by atoms with van der Waals surface area (Å²) in [7, 11) is 0. The molecule has 0 saturated heterocycles. The van der Waals surface area contributed by atoms with Crippen molar-refractivity contribution in [1.82, 2.24) is 5.32 Å². The van der Waals surface area contributed by atoms with Gasteiger partial charge in [0, 0.05) is 18.9 Å². The van der Waals surface area contributed by atoms with Crippen LogP contribution in [0.2, 0.25) is 0 Å². The summed E-state index contributed by atoms with van der Waals surface area (Å²) >= 11 is 0. The van der Waals surface area contributed by atoms with Gasteiger partial charge >= 0.3 is 5.97 Å². The minimum Gasteiger partial charge on any atom is -0.461 e. The number of carbonyl (C=O) groups is 2. The largest absolute Gasteiger partial charge is 0.461 e. The SMILES string of the molecule is CC(C)=CCC/C(C)=C/CC/C(C)=C/CC/C(C)=C/CC/C(C)=C/CC/C(C)=C/CC/C(C)=C/CC/C(C)=C/CC/C(C)=C/COC(=O)CCC(=O)NCCC(c1ccccc1)c1ccccc1. The molecule has 2 rings (SSSR count). The molecule has 4 heteroatoms. The molecule has 2 aromatic rings. The average molecular weight is 924 g/mol. The summed E-state index contributed by atoms with van der Waals surface area (Å²) < 4.78 is 5.41. The van der Waals surface area contributed by atoms with Crippen molar-refractivity contribution < 1.29 is 14.3 Å². The fourth-order valence-corrected chi connectivity index (χ4v) is 8.13. The zero-order chi connectivity index (χ0) is 49.8. The third kappa shape index (κ3) is 31.2. The number of nitrogens with one attached hydrogen (secondary N) is 1. The van der Waals surface area contributed by atoms with Crippen molar-refractivity contribution >= 4 is 11.9 Å². The molecule has 0 saturated carbocycles. The monoisotopic (exact) mass is 924 g/mol.